The minimum Gasteiger partial charge on any atom is -0.485 e. The van der Waals surface area contributed by atoms with E-state index in [0.29, 0.717) is 5.15 Å². The van der Waals surface area contributed by atoms with Crippen LogP contribution in [0.1, 0.15) is 43.9 Å². The largest absolute Gasteiger partial charge is 0.485 e. The van der Waals surface area contributed by atoms with Crippen molar-refractivity contribution in [3.63, 3.8) is 0 Å². The van der Waals surface area contributed by atoms with Crippen molar-refractivity contribution >= 4 is 22.5 Å². The van der Waals surface area contributed by atoms with Crippen molar-refractivity contribution in [2.24, 2.45) is 5.92 Å². The molecular formula is C19H23ClN2O2. The van der Waals surface area contributed by atoms with E-state index in [4.69, 9.17) is 16.3 Å². The smallest absolute Gasteiger partial charge is 0.131 e. The number of ether oxygens (including phenoxy) is 1. The maximum Gasteiger partial charge on any atom is 0.131 e. The molecule has 4 rings (SSSR count). The highest BCUT2D eigenvalue weighted by Gasteiger charge is 2.43. The Hall–Kier alpha value is -1.36. The molecule has 0 saturated heterocycles. The van der Waals surface area contributed by atoms with Crippen molar-refractivity contribution < 1.29 is 9.84 Å². The molecule has 0 radical (unpaired) electrons. The van der Waals surface area contributed by atoms with Gasteiger partial charge in [0, 0.05) is 10.9 Å². The second-order valence-corrected chi connectivity index (χ2v) is 8.04. The number of pyridine rings is 1. The van der Waals surface area contributed by atoms with Gasteiger partial charge < -0.3 is 15.2 Å². The minimum absolute atomic E-state index is 0.158. The number of aliphatic hydroxyl groups is 1. The molecule has 1 saturated carbocycles. The summed E-state index contributed by atoms with van der Waals surface area (Å²) in [5.41, 5.74) is 2.23. The number of fused-ring (bicyclic) bond motifs is 2. The second-order valence-electron chi connectivity index (χ2n) is 7.65. The third kappa shape index (κ3) is 2.77. The molecule has 4 nitrogen and oxygen atoms in total. The van der Waals surface area contributed by atoms with Crippen LogP contribution in [0.2, 0.25) is 5.15 Å². The van der Waals surface area contributed by atoms with Gasteiger partial charge in [-0.2, -0.15) is 0 Å². The first-order valence-electron chi connectivity index (χ1n) is 8.56. The average molecular weight is 347 g/mol. The van der Waals surface area contributed by atoms with Gasteiger partial charge in [-0.3, -0.25) is 0 Å². The number of nitrogens with zero attached hydrogens (tertiary/aromatic N) is 1. The van der Waals surface area contributed by atoms with E-state index in [1.54, 1.807) is 0 Å². The summed E-state index contributed by atoms with van der Waals surface area (Å²) in [5, 5.41) is 15.9. The van der Waals surface area contributed by atoms with Gasteiger partial charge in [-0.1, -0.05) is 11.6 Å². The number of aliphatic hydroxyl groups excluding tert-OH is 1. The summed E-state index contributed by atoms with van der Waals surface area (Å²) in [7, 11) is 0. The Morgan fingerprint density at radius 1 is 1.33 bits per heavy atom. The van der Waals surface area contributed by atoms with Crippen LogP contribution < -0.4 is 10.1 Å². The lowest BCUT2D eigenvalue weighted by molar-refractivity contribution is -0.0645. The van der Waals surface area contributed by atoms with Crippen LogP contribution in [0.5, 0.6) is 5.75 Å². The topological polar surface area (TPSA) is 54.4 Å². The third-order valence-electron chi connectivity index (χ3n) is 5.18. The zero-order valence-electron chi connectivity index (χ0n) is 14.3. The van der Waals surface area contributed by atoms with Crippen LogP contribution in [0.3, 0.4) is 0 Å². The van der Waals surface area contributed by atoms with Crippen molar-refractivity contribution in [2.45, 2.75) is 51.4 Å². The quantitative estimate of drug-likeness (QED) is 0.831. The lowest BCUT2D eigenvalue weighted by Crippen LogP contribution is -2.52. The molecule has 24 heavy (non-hydrogen) atoms. The predicted molar refractivity (Wildman–Crippen MR) is 95.7 cm³/mol. The van der Waals surface area contributed by atoms with E-state index in [0.717, 1.165) is 40.2 Å². The number of hydrogen-bond donors (Lipinski definition) is 2. The van der Waals surface area contributed by atoms with Crippen molar-refractivity contribution in [3.8, 4) is 5.75 Å². The molecule has 2 heterocycles. The number of aromatic nitrogens is 1. The monoisotopic (exact) mass is 346 g/mol. The second kappa shape index (κ2) is 5.58. The Labute approximate surface area is 147 Å². The summed E-state index contributed by atoms with van der Waals surface area (Å²) in [6, 6.07) is 5.74. The highest BCUT2D eigenvalue weighted by atomic mass is 35.5. The number of aryl methyl sites for hydroxylation is 1. The number of rotatable bonds is 3. The normalized spacial score (nSPS) is 25.4. The van der Waals surface area contributed by atoms with Gasteiger partial charge in [-0.25, -0.2) is 4.98 Å². The van der Waals surface area contributed by atoms with Gasteiger partial charge in [-0.15, -0.1) is 0 Å². The van der Waals surface area contributed by atoms with Gasteiger partial charge in [-0.05, 0) is 69.8 Å². The van der Waals surface area contributed by atoms with Crippen LogP contribution in [-0.2, 0) is 0 Å². The summed E-state index contributed by atoms with van der Waals surface area (Å²) in [6.07, 6.45) is 1.93. The van der Waals surface area contributed by atoms with E-state index in [9.17, 15) is 5.11 Å². The van der Waals surface area contributed by atoms with Crippen molar-refractivity contribution in [3.05, 3.63) is 34.5 Å². The third-order valence-corrected chi connectivity index (χ3v) is 5.37. The van der Waals surface area contributed by atoms with Gasteiger partial charge in [0.05, 0.1) is 11.6 Å². The minimum atomic E-state index is -0.643. The Morgan fingerprint density at radius 3 is 2.79 bits per heavy atom. The fourth-order valence-electron chi connectivity index (χ4n) is 3.48. The van der Waals surface area contributed by atoms with E-state index in [1.807, 2.05) is 39.0 Å². The van der Waals surface area contributed by atoms with Gasteiger partial charge in [0.15, 0.2) is 0 Å². The van der Waals surface area contributed by atoms with Gasteiger partial charge in [0.25, 0.3) is 0 Å². The molecule has 0 amide bonds. The number of halogens is 1. The van der Waals surface area contributed by atoms with Gasteiger partial charge in [0.2, 0.25) is 0 Å². The molecule has 0 unspecified atom stereocenters. The highest BCUT2D eigenvalue weighted by Crippen LogP contribution is 2.42. The van der Waals surface area contributed by atoms with Gasteiger partial charge in [0.1, 0.15) is 22.6 Å². The first-order chi connectivity index (χ1) is 11.3. The van der Waals surface area contributed by atoms with E-state index in [-0.39, 0.29) is 6.04 Å². The van der Waals surface area contributed by atoms with Crippen LogP contribution >= 0.6 is 11.6 Å². The van der Waals surface area contributed by atoms with Crippen LogP contribution in [-0.4, -0.2) is 28.3 Å². The van der Waals surface area contributed by atoms with E-state index >= 15 is 0 Å². The van der Waals surface area contributed by atoms with Crippen LogP contribution in [0, 0.1) is 12.8 Å². The van der Waals surface area contributed by atoms with Gasteiger partial charge >= 0.3 is 0 Å². The first kappa shape index (κ1) is 16.1. The maximum atomic E-state index is 10.8. The van der Waals surface area contributed by atoms with Crippen LogP contribution in [0.25, 0.3) is 10.9 Å². The standard InChI is InChI=1S/C19H23ClN2O2/c1-10-6-16(20)22-14-7-13-15(8-12(10)14)24-19(2,3)18(23)17(13)21-9-11-4-5-11/h6-8,11,17-18,21,23H,4-5,9H2,1-3H3/t17-,18+/m0/s1. The van der Waals surface area contributed by atoms with Crippen molar-refractivity contribution in [1.82, 2.24) is 10.3 Å². The average Bonchev–Trinajstić information content (AvgIpc) is 3.31. The summed E-state index contributed by atoms with van der Waals surface area (Å²) in [4.78, 5) is 4.45. The number of benzene rings is 1. The fraction of sp³-hybridized carbons (Fsp3) is 0.526. The summed E-state index contributed by atoms with van der Waals surface area (Å²) < 4.78 is 6.13. The molecular weight excluding hydrogens is 324 g/mol. The predicted octanol–water partition coefficient (Wildman–Crippen LogP) is 3.77. The van der Waals surface area contributed by atoms with E-state index in [2.05, 4.69) is 10.3 Å². The van der Waals surface area contributed by atoms with E-state index in [1.165, 1.54) is 12.8 Å². The molecule has 1 aliphatic carbocycles. The maximum absolute atomic E-state index is 10.8. The molecule has 2 aliphatic rings. The molecule has 0 spiro atoms. The summed E-state index contributed by atoms with van der Waals surface area (Å²) >= 11 is 6.12. The molecule has 1 aromatic heterocycles. The molecule has 128 valence electrons. The zero-order chi connectivity index (χ0) is 17.1. The Kier molecular flexibility index (Phi) is 3.75. The summed E-state index contributed by atoms with van der Waals surface area (Å²) in [5.74, 6) is 1.56. The molecule has 5 heteroatoms. The van der Waals surface area contributed by atoms with Crippen molar-refractivity contribution in [2.75, 3.05) is 6.54 Å². The van der Waals surface area contributed by atoms with Crippen molar-refractivity contribution in [1.29, 1.82) is 0 Å². The highest BCUT2D eigenvalue weighted by molar-refractivity contribution is 6.29. The fourth-order valence-corrected chi connectivity index (χ4v) is 3.74. The lowest BCUT2D eigenvalue weighted by atomic mass is 9.85. The molecule has 2 atom stereocenters. The Morgan fingerprint density at radius 2 is 2.08 bits per heavy atom. The molecule has 1 fully saturated rings. The van der Waals surface area contributed by atoms with Crippen LogP contribution in [0.4, 0.5) is 0 Å². The molecule has 2 N–H and O–H groups in total. The number of nitrogens with one attached hydrogen (secondary N) is 1. The Balaban J connectivity index is 1.82. The van der Waals surface area contributed by atoms with Crippen LogP contribution in [0.15, 0.2) is 18.2 Å². The molecule has 2 aromatic rings. The molecule has 1 aromatic carbocycles. The molecule has 1 aliphatic heterocycles. The SMILES string of the molecule is Cc1cc(Cl)nc2cc3c(cc12)OC(C)(C)[C@H](O)[C@H]3NCC1CC1. The number of hydrogen-bond acceptors (Lipinski definition) is 4. The van der Waals surface area contributed by atoms with E-state index < -0.39 is 11.7 Å². The Bertz CT molecular complexity index is 802. The zero-order valence-corrected chi connectivity index (χ0v) is 15.0. The summed E-state index contributed by atoms with van der Waals surface area (Å²) in [6.45, 7) is 6.82. The molecule has 0 bridgehead atoms. The lowest BCUT2D eigenvalue weighted by Gasteiger charge is -2.42. The first-order valence-corrected chi connectivity index (χ1v) is 8.94.